The quantitative estimate of drug-likeness (QED) is 0.855. The van der Waals surface area contributed by atoms with Gasteiger partial charge in [-0.05, 0) is 43.7 Å². The Hall–Kier alpha value is -2.08. The van der Waals surface area contributed by atoms with E-state index in [-0.39, 0.29) is 17.4 Å². The highest BCUT2D eigenvalue weighted by Gasteiger charge is 2.26. The van der Waals surface area contributed by atoms with Gasteiger partial charge in [0.25, 0.3) is 5.56 Å². The molecule has 1 aliphatic heterocycles. The molecule has 1 fully saturated rings. The predicted octanol–water partition coefficient (Wildman–Crippen LogP) is 2.75. The van der Waals surface area contributed by atoms with Gasteiger partial charge in [-0.1, -0.05) is 12.1 Å². The maximum absolute atomic E-state index is 12.7. The van der Waals surface area contributed by atoms with Crippen LogP contribution in [0.1, 0.15) is 35.8 Å². The molecule has 5 nitrogen and oxygen atoms in total. The molecule has 2 heterocycles. The third kappa shape index (κ3) is 4.51. The summed E-state index contributed by atoms with van der Waals surface area (Å²) in [6.07, 6.45) is 4.36. The highest BCUT2D eigenvalue weighted by Crippen LogP contribution is 2.25. The Bertz CT molecular complexity index is 801. The van der Waals surface area contributed by atoms with E-state index in [1.54, 1.807) is 24.8 Å². The minimum absolute atomic E-state index is 0.125. The molecule has 1 N–H and O–H groups in total. The van der Waals surface area contributed by atoms with Crippen LogP contribution in [0.3, 0.4) is 0 Å². The number of amides is 1. The van der Waals surface area contributed by atoms with E-state index >= 15 is 0 Å². The third-order valence-corrected chi connectivity index (χ3v) is 5.33. The summed E-state index contributed by atoms with van der Waals surface area (Å²) in [5.41, 5.74) is 1.71. The van der Waals surface area contributed by atoms with Gasteiger partial charge < -0.3 is 9.88 Å². The summed E-state index contributed by atoms with van der Waals surface area (Å²) in [6, 6.07) is 9.71. The Morgan fingerprint density at radius 1 is 1.36 bits per heavy atom. The molecule has 0 spiro atoms. The van der Waals surface area contributed by atoms with Crippen molar-refractivity contribution in [3.63, 3.8) is 0 Å². The Morgan fingerprint density at radius 3 is 2.80 bits per heavy atom. The van der Waals surface area contributed by atoms with Gasteiger partial charge in [-0.15, -0.1) is 11.8 Å². The number of aryl methyl sites for hydroxylation is 1. The van der Waals surface area contributed by atoms with E-state index in [0.29, 0.717) is 18.8 Å². The van der Waals surface area contributed by atoms with E-state index in [1.165, 1.54) is 4.90 Å². The number of piperidine rings is 1. The van der Waals surface area contributed by atoms with Crippen molar-refractivity contribution in [2.45, 2.75) is 37.0 Å². The first-order valence-corrected chi connectivity index (χ1v) is 9.76. The van der Waals surface area contributed by atoms with Crippen molar-refractivity contribution in [1.82, 2.24) is 14.9 Å². The monoisotopic (exact) mass is 357 g/mol. The number of likely N-dealkylation sites (tertiary alicyclic amines) is 1. The van der Waals surface area contributed by atoms with Gasteiger partial charge in [0.1, 0.15) is 5.82 Å². The lowest BCUT2D eigenvalue weighted by Crippen LogP contribution is -2.40. The van der Waals surface area contributed by atoms with Crippen LogP contribution in [0.5, 0.6) is 0 Å². The number of hydrogen-bond donors (Lipinski definition) is 1. The zero-order valence-corrected chi connectivity index (χ0v) is 15.4. The van der Waals surface area contributed by atoms with Crippen LogP contribution in [-0.2, 0) is 11.2 Å². The number of H-pyrrole nitrogens is 1. The number of aromatic amines is 1. The number of nitrogens with one attached hydrogen (secondary N) is 1. The molecule has 1 amide bonds. The molecule has 0 saturated carbocycles. The topological polar surface area (TPSA) is 66.1 Å². The second kappa shape index (κ2) is 7.87. The van der Waals surface area contributed by atoms with E-state index < -0.39 is 0 Å². The highest BCUT2D eigenvalue weighted by molar-refractivity contribution is 7.98. The van der Waals surface area contributed by atoms with E-state index in [0.717, 1.165) is 30.6 Å². The zero-order chi connectivity index (χ0) is 17.8. The summed E-state index contributed by atoms with van der Waals surface area (Å²) in [5.74, 6) is 0.903. The van der Waals surface area contributed by atoms with Crippen molar-refractivity contribution >= 4 is 17.7 Å². The number of thioether (sulfide) groups is 1. The minimum atomic E-state index is -0.125. The van der Waals surface area contributed by atoms with E-state index in [2.05, 4.69) is 22.1 Å². The van der Waals surface area contributed by atoms with Crippen molar-refractivity contribution in [1.29, 1.82) is 0 Å². The average molecular weight is 357 g/mol. The number of nitrogens with zero attached hydrogens (tertiary/aromatic N) is 2. The molecule has 132 valence electrons. The molecule has 1 aliphatic rings. The van der Waals surface area contributed by atoms with E-state index in [1.807, 2.05) is 23.3 Å². The number of rotatable bonds is 4. The molecule has 1 aromatic carbocycles. The normalized spacial score (nSPS) is 17.5. The molecule has 1 saturated heterocycles. The highest BCUT2D eigenvalue weighted by atomic mass is 32.2. The summed E-state index contributed by atoms with van der Waals surface area (Å²) in [6.45, 7) is 3.20. The van der Waals surface area contributed by atoms with Gasteiger partial charge in [-0.25, -0.2) is 4.98 Å². The zero-order valence-electron chi connectivity index (χ0n) is 14.6. The molecule has 2 aromatic rings. The van der Waals surface area contributed by atoms with Crippen LogP contribution >= 0.6 is 11.8 Å². The Morgan fingerprint density at radius 2 is 2.12 bits per heavy atom. The maximum atomic E-state index is 12.7. The van der Waals surface area contributed by atoms with Gasteiger partial charge in [0.05, 0.1) is 12.1 Å². The van der Waals surface area contributed by atoms with Gasteiger partial charge in [-0.3, -0.25) is 9.59 Å². The predicted molar refractivity (Wildman–Crippen MR) is 100 cm³/mol. The van der Waals surface area contributed by atoms with E-state index in [4.69, 9.17) is 0 Å². The number of hydrogen-bond acceptors (Lipinski definition) is 4. The molecular weight excluding hydrogens is 334 g/mol. The van der Waals surface area contributed by atoms with Crippen LogP contribution in [0.15, 0.2) is 40.0 Å². The molecule has 6 heteroatoms. The SMILES string of the molecule is CSc1ccc(CC(=O)N2CCC[C@@H](c3cc(=O)[nH]c(C)n3)C2)cc1. The molecule has 0 unspecified atom stereocenters. The average Bonchev–Trinajstić information content (AvgIpc) is 2.61. The second-order valence-electron chi connectivity index (χ2n) is 6.46. The smallest absolute Gasteiger partial charge is 0.251 e. The van der Waals surface area contributed by atoms with Crippen LogP contribution < -0.4 is 5.56 Å². The maximum Gasteiger partial charge on any atom is 0.251 e. The van der Waals surface area contributed by atoms with Crippen LogP contribution in [-0.4, -0.2) is 40.1 Å². The first-order valence-electron chi connectivity index (χ1n) is 8.53. The number of carbonyl (C=O) groups excluding carboxylic acids is 1. The van der Waals surface area contributed by atoms with Crippen molar-refractivity contribution in [2.24, 2.45) is 0 Å². The summed E-state index contributed by atoms with van der Waals surface area (Å²) >= 11 is 1.69. The molecule has 1 aromatic heterocycles. The molecule has 0 bridgehead atoms. The third-order valence-electron chi connectivity index (χ3n) is 4.59. The summed E-state index contributed by atoms with van der Waals surface area (Å²) in [7, 11) is 0. The van der Waals surface area contributed by atoms with Crippen molar-refractivity contribution in [3.8, 4) is 0 Å². The molecule has 1 atom stereocenters. The number of benzene rings is 1. The van der Waals surface area contributed by atoms with Crippen molar-refractivity contribution in [2.75, 3.05) is 19.3 Å². The number of aromatic nitrogens is 2. The van der Waals surface area contributed by atoms with Crippen LogP contribution in [0.25, 0.3) is 0 Å². The molecule has 3 rings (SSSR count). The Labute approximate surface area is 151 Å². The van der Waals surface area contributed by atoms with Crippen LogP contribution in [0, 0.1) is 6.92 Å². The van der Waals surface area contributed by atoms with Gasteiger partial charge >= 0.3 is 0 Å². The van der Waals surface area contributed by atoms with Crippen LogP contribution in [0.4, 0.5) is 0 Å². The first kappa shape index (κ1) is 17.7. The number of carbonyl (C=O) groups is 1. The summed E-state index contributed by atoms with van der Waals surface area (Å²) in [5, 5.41) is 0. The van der Waals surface area contributed by atoms with Gasteiger partial charge in [0.2, 0.25) is 5.91 Å². The Balaban J connectivity index is 1.67. The molecule has 25 heavy (non-hydrogen) atoms. The van der Waals surface area contributed by atoms with Crippen molar-refractivity contribution in [3.05, 3.63) is 57.8 Å². The van der Waals surface area contributed by atoms with Gasteiger partial charge in [0, 0.05) is 30.0 Å². The largest absolute Gasteiger partial charge is 0.342 e. The fourth-order valence-corrected chi connectivity index (χ4v) is 3.69. The van der Waals surface area contributed by atoms with Crippen LogP contribution in [0.2, 0.25) is 0 Å². The Kier molecular flexibility index (Phi) is 5.58. The lowest BCUT2D eigenvalue weighted by Gasteiger charge is -2.32. The minimum Gasteiger partial charge on any atom is -0.342 e. The fourth-order valence-electron chi connectivity index (χ4n) is 3.29. The fraction of sp³-hybridized carbons (Fsp3) is 0.421. The second-order valence-corrected chi connectivity index (χ2v) is 7.34. The standard InChI is InChI=1S/C19H23N3O2S/c1-13-20-17(11-18(23)21-13)15-4-3-9-22(12-15)19(24)10-14-5-7-16(25-2)8-6-14/h5-8,11,15H,3-4,9-10,12H2,1-2H3,(H,20,21,23)/t15-/m1/s1. The van der Waals surface area contributed by atoms with Gasteiger partial charge in [0.15, 0.2) is 0 Å². The molecular formula is C19H23N3O2S. The van der Waals surface area contributed by atoms with Gasteiger partial charge in [-0.2, -0.15) is 0 Å². The lowest BCUT2D eigenvalue weighted by atomic mass is 9.94. The lowest BCUT2D eigenvalue weighted by molar-refractivity contribution is -0.131. The molecule has 0 aliphatic carbocycles. The van der Waals surface area contributed by atoms with Crippen molar-refractivity contribution < 1.29 is 4.79 Å². The summed E-state index contributed by atoms with van der Waals surface area (Å²) in [4.78, 5) is 34.6. The molecule has 0 radical (unpaired) electrons. The first-order chi connectivity index (χ1) is 12.0. The summed E-state index contributed by atoms with van der Waals surface area (Å²) < 4.78 is 0. The van der Waals surface area contributed by atoms with E-state index in [9.17, 15) is 9.59 Å².